The lowest BCUT2D eigenvalue weighted by Crippen LogP contribution is -2.43. The lowest BCUT2D eigenvalue weighted by atomic mass is 9.83. The van der Waals surface area contributed by atoms with Crippen LogP contribution in [0.5, 0.6) is 11.5 Å². The lowest BCUT2D eigenvalue weighted by molar-refractivity contribution is -0.0263. The number of fused-ring (bicyclic) bond motifs is 2. The van der Waals surface area contributed by atoms with Gasteiger partial charge < -0.3 is 24.5 Å². The number of hydrogen-bond donors (Lipinski definition) is 2. The van der Waals surface area contributed by atoms with E-state index < -0.39 is 5.60 Å². The summed E-state index contributed by atoms with van der Waals surface area (Å²) in [5.41, 5.74) is 2.47. The molecular weight excluding hydrogens is 472 g/mol. The average molecular weight is 507 g/mol. The molecule has 0 aliphatic carbocycles. The summed E-state index contributed by atoms with van der Waals surface area (Å²) in [4.78, 5) is 5.67. The molecule has 1 aliphatic heterocycles. The third kappa shape index (κ3) is 5.40. The van der Waals surface area contributed by atoms with Crippen molar-refractivity contribution in [3.63, 3.8) is 0 Å². The number of nitrogens with one attached hydrogen (secondary N) is 1. The van der Waals surface area contributed by atoms with Gasteiger partial charge in [-0.15, -0.1) is 0 Å². The number of H-pyrrole nitrogens is 1. The predicted molar refractivity (Wildman–Crippen MR) is 153 cm³/mol. The summed E-state index contributed by atoms with van der Waals surface area (Å²) < 4.78 is 12.1. The molecule has 1 aliphatic rings. The van der Waals surface area contributed by atoms with Gasteiger partial charge in [0.25, 0.3) is 0 Å². The van der Waals surface area contributed by atoms with Crippen LogP contribution < -0.4 is 9.47 Å². The van der Waals surface area contributed by atoms with E-state index in [2.05, 4.69) is 64.5 Å². The van der Waals surface area contributed by atoms with Crippen molar-refractivity contribution < 1.29 is 14.6 Å². The summed E-state index contributed by atoms with van der Waals surface area (Å²) in [7, 11) is 0. The Balaban J connectivity index is 1.01. The van der Waals surface area contributed by atoms with Crippen molar-refractivity contribution in [3.8, 4) is 11.5 Å². The minimum Gasteiger partial charge on any atom is -0.493 e. The molecule has 2 N–H and O–H groups in total. The van der Waals surface area contributed by atoms with E-state index in [1.54, 1.807) is 0 Å². The minimum absolute atomic E-state index is 0.551. The Morgan fingerprint density at radius 2 is 1.63 bits per heavy atom. The highest BCUT2D eigenvalue weighted by Crippen LogP contribution is 2.35. The second-order valence-electron chi connectivity index (χ2n) is 10.3. The molecule has 5 heteroatoms. The monoisotopic (exact) mass is 506 g/mol. The van der Waals surface area contributed by atoms with Crippen molar-refractivity contribution in [2.45, 2.75) is 31.5 Å². The predicted octanol–water partition coefficient (Wildman–Crippen LogP) is 6.65. The Kier molecular flexibility index (Phi) is 7.04. The molecule has 0 saturated carbocycles. The van der Waals surface area contributed by atoms with Crippen molar-refractivity contribution >= 4 is 21.7 Å². The number of piperidine rings is 1. The van der Waals surface area contributed by atoms with Crippen LogP contribution >= 0.6 is 0 Å². The molecule has 38 heavy (non-hydrogen) atoms. The van der Waals surface area contributed by atoms with Crippen molar-refractivity contribution in [2.75, 3.05) is 26.2 Å². The lowest BCUT2D eigenvalue weighted by Gasteiger charge is -2.38. The molecule has 1 saturated heterocycles. The SMILES string of the molecule is OC1(c2ccc3cc(OCc4ccccc4)ccc3c2)CCN(CCCOc2cccc3[nH]ccc23)CC1. The molecule has 0 atom stereocenters. The van der Waals surface area contributed by atoms with E-state index in [0.29, 0.717) is 13.2 Å². The number of aromatic nitrogens is 1. The van der Waals surface area contributed by atoms with Crippen LogP contribution in [0.3, 0.4) is 0 Å². The van der Waals surface area contributed by atoms with Gasteiger partial charge in [-0.25, -0.2) is 0 Å². The van der Waals surface area contributed by atoms with Gasteiger partial charge in [-0.3, -0.25) is 0 Å². The molecular formula is C33H34N2O3. The first kappa shape index (κ1) is 24.5. The number of rotatable bonds is 9. The number of hydrogen-bond acceptors (Lipinski definition) is 4. The van der Waals surface area contributed by atoms with Crippen LogP contribution in [0.2, 0.25) is 0 Å². The number of aliphatic hydroxyl groups is 1. The van der Waals surface area contributed by atoms with Crippen molar-refractivity contribution in [1.29, 1.82) is 0 Å². The van der Waals surface area contributed by atoms with E-state index in [4.69, 9.17) is 9.47 Å². The van der Waals surface area contributed by atoms with Gasteiger partial charge in [-0.2, -0.15) is 0 Å². The smallest absolute Gasteiger partial charge is 0.128 e. The zero-order valence-electron chi connectivity index (χ0n) is 21.6. The van der Waals surface area contributed by atoms with E-state index in [-0.39, 0.29) is 0 Å². The van der Waals surface area contributed by atoms with Gasteiger partial charge >= 0.3 is 0 Å². The van der Waals surface area contributed by atoms with Crippen LogP contribution in [0.1, 0.15) is 30.4 Å². The average Bonchev–Trinajstić information content (AvgIpc) is 3.45. The highest BCUT2D eigenvalue weighted by molar-refractivity contribution is 5.86. The Morgan fingerprint density at radius 1 is 0.816 bits per heavy atom. The molecule has 0 bridgehead atoms. The van der Waals surface area contributed by atoms with Crippen LogP contribution in [0.15, 0.2) is 97.2 Å². The Bertz CT molecular complexity index is 1500. The topological polar surface area (TPSA) is 57.7 Å². The maximum absolute atomic E-state index is 11.5. The van der Waals surface area contributed by atoms with Gasteiger partial charge in [0.05, 0.1) is 12.2 Å². The molecule has 0 amide bonds. The molecule has 4 aromatic carbocycles. The van der Waals surface area contributed by atoms with Crippen LogP contribution in [0.25, 0.3) is 21.7 Å². The van der Waals surface area contributed by atoms with Crippen molar-refractivity contribution in [2.24, 2.45) is 0 Å². The number of ether oxygens (including phenoxy) is 2. The molecule has 6 rings (SSSR count). The first-order valence-electron chi connectivity index (χ1n) is 13.5. The van der Waals surface area contributed by atoms with E-state index in [0.717, 1.165) is 83.2 Å². The molecule has 5 nitrogen and oxygen atoms in total. The molecule has 0 spiro atoms. The fourth-order valence-corrected chi connectivity index (χ4v) is 5.43. The standard InChI is InChI=1S/C33H34N2O3/c36-33(15-19-35(20-16-33)18-5-21-37-32-9-4-8-31-30(32)14-17-34-31)28-12-10-27-23-29(13-11-26(27)22-28)38-24-25-6-2-1-3-7-25/h1-4,6-14,17,22-23,34,36H,5,15-16,18-21,24H2. The van der Waals surface area contributed by atoms with E-state index in [9.17, 15) is 5.11 Å². The number of likely N-dealkylation sites (tertiary alicyclic amines) is 1. The third-order valence-corrected chi connectivity index (χ3v) is 7.71. The van der Waals surface area contributed by atoms with Crippen LogP contribution in [0, 0.1) is 0 Å². The molecule has 1 fully saturated rings. The zero-order chi connectivity index (χ0) is 25.8. The Labute approximate surface area is 223 Å². The van der Waals surface area contributed by atoms with Gasteiger partial charge in [0, 0.05) is 36.7 Å². The van der Waals surface area contributed by atoms with E-state index in [1.807, 2.05) is 42.6 Å². The zero-order valence-corrected chi connectivity index (χ0v) is 21.6. The maximum Gasteiger partial charge on any atom is 0.128 e. The third-order valence-electron chi connectivity index (χ3n) is 7.71. The number of aromatic amines is 1. The van der Waals surface area contributed by atoms with Gasteiger partial charge in [-0.1, -0.05) is 54.6 Å². The first-order valence-corrected chi connectivity index (χ1v) is 13.5. The van der Waals surface area contributed by atoms with Gasteiger partial charge in [0.15, 0.2) is 0 Å². The van der Waals surface area contributed by atoms with E-state index >= 15 is 0 Å². The molecule has 0 unspecified atom stereocenters. The summed E-state index contributed by atoms with van der Waals surface area (Å²) in [5.74, 6) is 1.79. The summed E-state index contributed by atoms with van der Waals surface area (Å²) in [6, 6.07) is 30.9. The van der Waals surface area contributed by atoms with Gasteiger partial charge in [-0.05, 0) is 77.6 Å². The molecule has 2 heterocycles. The molecule has 0 radical (unpaired) electrons. The summed E-state index contributed by atoms with van der Waals surface area (Å²) >= 11 is 0. The Morgan fingerprint density at radius 3 is 2.50 bits per heavy atom. The second-order valence-corrected chi connectivity index (χ2v) is 10.3. The summed E-state index contributed by atoms with van der Waals surface area (Å²) in [6.07, 6.45) is 4.38. The summed E-state index contributed by atoms with van der Waals surface area (Å²) in [5, 5.41) is 14.9. The number of nitrogens with zero attached hydrogens (tertiary/aromatic N) is 1. The maximum atomic E-state index is 11.5. The van der Waals surface area contributed by atoms with Crippen molar-refractivity contribution in [3.05, 3.63) is 108 Å². The fraction of sp³-hybridized carbons (Fsp3) is 0.273. The molecule has 194 valence electrons. The highest BCUT2D eigenvalue weighted by Gasteiger charge is 2.33. The molecule has 1 aromatic heterocycles. The van der Waals surface area contributed by atoms with Crippen molar-refractivity contribution in [1.82, 2.24) is 9.88 Å². The molecule has 5 aromatic rings. The number of benzene rings is 4. The highest BCUT2D eigenvalue weighted by atomic mass is 16.5. The van der Waals surface area contributed by atoms with Crippen LogP contribution in [0.4, 0.5) is 0 Å². The quantitative estimate of drug-likeness (QED) is 0.220. The van der Waals surface area contributed by atoms with E-state index in [1.165, 1.54) is 0 Å². The van der Waals surface area contributed by atoms with Gasteiger partial charge in [0.2, 0.25) is 0 Å². The Hall–Kier alpha value is -3.80. The summed E-state index contributed by atoms with van der Waals surface area (Å²) in [6.45, 7) is 3.98. The van der Waals surface area contributed by atoms with Crippen LogP contribution in [-0.4, -0.2) is 41.2 Å². The van der Waals surface area contributed by atoms with Gasteiger partial charge in [0.1, 0.15) is 18.1 Å². The second kappa shape index (κ2) is 10.9. The largest absolute Gasteiger partial charge is 0.493 e. The minimum atomic E-state index is -0.784. The normalized spacial score (nSPS) is 15.6. The first-order chi connectivity index (χ1) is 18.7. The van der Waals surface area contributed by atoms with Crippen LogP contribution in [-0.2, 0) is 12.2 Å². The fourth-order valence-electron chi connectivity index (χ4n) is 5.43.